The van der Waals surface area contributed by atoms with Crippen LogP contribution in [0.1, 0.15) is 0 Å². The van der Waals surface area contributed by atoms with Gasteiger partial charge in [-0.25, -0.2) is 0 Å². The lowest BCUT2D eigenvalue weighted by molar-refractivity contribution is 0.824. The van der Waals surface area contributed by atoms with Crippen LogP contribution in [0.3, 0.4) is 0 Å². The first kappa shape index (κ1) is 9.34. The largest absolute Gasteiger partial charge is 0.412 e. The molecule has 0 aromatic carbocycles. The number of rotatable bonds is 0. The van der Waals surface area contributed by atoms with Gasteiger partial charge in [-0.15, -0.1) is 0 Å². The molecule has 0 unspecified atom stereocenters. The SMILES string of the molecule is NC(=S)NCl.O. The lowest BCUT2D eigenvalue weighted by Gasteiger charge is -1.81. The summed E-state index contributed by atoms with van der Waals surface area (Å²) in [6.07, 6.45) is 0. The van der Waals surface area contributed by atoms with Gasteiger partial charge in [0, 0.05) is 11.8 Å². The molecule has 0 rings (SSSR count). The Morgan fingerprint density at radius 3 is 2.00 bits per heavy atom. The van der Waals surface area contributed by atoms with E-state index in [9.17, 15) is 0 Å². The molecule has 6 heavy (non-hydrogen) atoms. The second kappa shape index (κ2) is 4.94. The fourth-order valence-corrected chi connectivity index (χ4v) is 0. The summed E-state index contributed by atoms with van der Waals surface area (Å²) in [5, 5.41) is 0.103. The highest BCUT2D eigenvalue weighted by atomic mass is 35.5. The minimum Gasteiger partial charge on any atom is -0.412 e. The molecule has 0 saturated carbocycles. The zero-order chi connectivity index (χ0) is 4.28. The minimum atomic E-state index is 0. The number of hydrogen-bond acceptors (Lipinski definition) is 1. The molecule has 0 spiro atoms. The summed E-state index contributed by atoms with van der Waals surface area (Å²) in [6, 6.07) is 0. The van der Waals surface area contributed by atoms with Crippen LogP contribution in [0.15, 0.2) is 0 Å². The van der Waals surface area contributed by atoms with E-state index in [1.807, 2.05) is 4.84 Å². The van der Waals surface area contributed by atoms with E-state index in [1.54, 1.807) is 0 Å². The molecule has 0 amide bonds. The van der Waals surface area contributed by atoms with E-state index in [0.29, 0.717) is 0 Å². The molecule has 5 heteroatoms. The van der Waals surface area contributed by atoms with Crippen molar-refractivity contribution in [3.63, 3.8) is 0 Å². The number of thiocarbonyl (C=S) groups is 1. The molecule has 38 valence electrons. The molecular weight excluding hydrogens is 124 g/mol. The number of nitrogens with two attached hydrogens (primary N) is 1. The Hall–Kier alpha value is -0.0600. The monoisotopic (exact) mass is 128 g/mol. The Labute approximate surface area is 45.9 Å². The van der Waals surface area contributed by atoms with Crippen LogP contribution in [0, 0.1) is 0 Å². The van der Waals surface area contributed by atoms with E-state index in [2.05, 4.69) is 12.2 Å². The predicted molar refractivity (Wildman–Crippen MR) is 29.4 cm³/mol. The predicted octanol–water partition coefficient (Wildman–Crippen LogP) is -0.851. The standard InChI is InChI=1S/CH3ClN2S.H2O/c2-4-1(3)5;/h(H3,3,4,5);1H2. The van der Waals surface area contributed by atoms with Crippen molar-refractivity contribution < 1.29 is 5.48 Å². The van der Waals surface area contributed by atoms with Gasteiger partial charge in [-0.05, 0) is 12.2 Å². The smallest absolute Gasteiger partial charge is 0.178 e. The quantitative estimate of drug-likeness (QED) is 0.330. The average Bonchev–Trinajstić information content (AvgIpc) is 1.38. The minimum absolute atomic E-state index is 0. The van der Waals surface area contributed by atoms with Crippen LogP contribution >= 0.6 is 24.0 Å². The molecule has 0 atom stereocenters. The first-order valence-corrected chi connectivity index (χ1v) is 1.72. The fraction of sp³-hybridized carbons (Fsp3) is 0. The third-order valence-corrected chi connectivity index (χ3v) is 0.511. The normalized spacial score (nSPS) is 5.50. The summed E-state index contributed by atoms with van der Waals surface area (Å²) in [4.78, 5) is 2.01. The lowest BCUT2D eigenvalue weighted by Crippen LogP contribution is -2.19. The van der Waals surface area contributed by atoms with Crippen LogP contribution in [-0.4, -0.2) is 10.6 Å². The molecule has 0 aliphatic heterocycles. The maximum atomic E-state index is 4.82. The van der Waals surface area contributed by atoms with E-state index in [1.165, 1.54) is 0 Å². The van der Waals surface area contributed by atoms with Crippen molar-refractivity contribution in [2.75, 3.05) is 0 Å². The van der Waals surface area contributed by atoms with Gasteiger partial charge >= 0.3 is 0 Å². The van der Waals surface area contributed by atoms with Crippen LogP contribution in [0.2, 0.25) is 0 Å². The first-order chi connectivity index (χ1) is 2.27. The van der Waals surface area contributed by atoms with Gasteiger partial charge in [0.05, 0.1) is 0 Å². The summed E-state index contributed by atoms with van der Waals surface area (Å²) in [6.45, 7) is 0. The number of nitrogens with one attached hydrogen (secondary N) is 1. The van der Waals surface area contributed by atoms with Crippen molar-refractivity contribution >= 4 is 29.1 Å². The summed E-state index contributed by atoms with van der Waals surface area (Å²) in [5.41, 5.74) is 4.78. The maximum absolute atomic E-state index is 4.82. The van der Waals surface area contributed by atoms with E-state index >= 15 is 0 Å². The Balaban J connectivity index is 0. The summed E-state index contributed by atoms with van der Waals surface area (Å²) in [5.74, 6) is 0. The van der Waals surface area contributed by atoms with E-state index < -0.39 is 0 Å². The third kappa shape index (κ3) is 9.05. The summed E-state index contributed by atoms with van der Waals surface area (Å²) < 4.78 is 0. The van der Waals surface area contributed by atoms with Gasteiger partial charge in [0.2, 0.25) is 0 Å². The Kier molecular flexibility index (Phi) is 7.69. The highest BCUT2D eigenvalue weighted by Gasteiger charge is 1.69. The molecule has 5 N–H and O–H groups in total. The van der Waals surface area contributed by atoms with Crippen molar-refractivity contribution in [1.29, 1.82) is 0 Å². The Morgan fingerprint density at radius 2 is 2.00 bits per heavy atom. The van der Waals surface area contributed by atoms with E-state index in [-0.39, 0.29) is 10.6 Å². The molecule has 0 aromatic rings. The molecule has 3 nitrogen and oxygen atoms in total. The van der Waals surface area contributed by atoms with Gasteiger partial charge in [0.25, 0.3) is 0 Å². The molecule has 0 fully saturated rings. The second-order valence-corrected chi connectivity index (χ2v) is 1.09. The summed E-state index contributed by atoms with van der Waals surface area (Å²) in [7, 11) is 0. The van der Waals surface area contributed by atoms with Crippen LogP contribution in [0.4, 0.5) is 0 Å². The van der Waals surface area contributed by atoms with Gasteiger partial charge in [-0.3, -0.25) is 4.84 Å². The van der Waals surface area contributed by atoms with Gasteiger partial charge in [0.15, 0.2) is 5.11 Å². The lowest BCUT2D eigenvalue weighted by atomic mass is 11.3. The molecule has 0 aliphatic carbocycles. The van der Waals surface area contributed by atoms with Crippen molar-refractivity contribution in [3.05, 3.63) is 0 Å². The van der Waals surface area contributed by atoms with Crippen LogP contribution in [0.25, 0.3) is 0 Å². The van der Waals surface area contributed by atoms with Crippen molar-refractivity contribution in [2.45, 2.75) is 0 Å². The molecule has 0 bridgehead atoms. The van der Waals surface area contributed by atoms with Gasteiger partial charge < -0.3 is 11.2 Å². The van der Waals surface area contributed by atoms with Gasteiger partial charge in [0.1, 0.15) is 0 Å². The third-order valence-electron chi connectivity index (χ3n) is 0.0931. The number of hydrogen-bond donors (Lipinski definition) is 2. The van der Waals surface area contributed by atoms with E-state index in [0.717, 1.165) is 0 Å². The van der Waals surface area contributed by atoms with Crippen LogP contribution in [0.5, 0.6) is 0 Å². The zero-order valence-corrected chi connectivity index (χ0v) is 4.44. The van der Waals surface area contributed by atoms with Crippen molar-refractivity contribution in [3.8, 4) is 0 Å². The maximum Gasteiger partial charge on any atom is 0.178 e. The van der Waals surface area contributed by atoms with Crippen molar-refractivity contribution in [2.24, 2.45) is 5.73 Å². The Morgan fingerprint density at radius 1 is 1.83 bits per heavy atom. The highest BCUT2D eigenvalue weighted by molar-refractivity contribution is 7.80. The first-order valence-electron chi connectivity index (χ1n) is 0.932. The molecule has 0 saturated heterocycles. The zero-order valence-electron chi connectivity index (χ0n) is 2.86. The van der Waals surface area contributed by atoms with Crippen LogP contribution in [-0.2, 0) is 0 Å². The van der Waals surface area contributed by atoms with Gasteiger partial charge in [-0.1, -0.05) is 0 Å². The van der Waals surface area contributed by atoms with Crippen LogP contribution < -0.4 is 10.6 Å². The second-order valence-electron chi connectivity index (χ2n) is 0.459. The highest BCUT2D eigenvalue weighted by Crippen LogP contribution is 1.56. The fourth-order valence-electron chi connectivity index (χ4n) is 0. The molecule has 0 radical (unpaired) electrons. The molecule has 0 aromatic heterocycles. The van der Waals surface area contributed by atoms with E-state index in [4.69, 9.17) is 17.5 Å². The van der Waals surface area contributed by atoms with Gasteiger partial charge in [-0.2, -0.15) is 0 Å². The molecular formula is CH5ClN2OS. The number of halogens is 1. The summed E-state index contributed by atoms with van der Waals surface area (Å²) >= 11 is 9.05. The Bertz CT molecular complexity index is 48.8. The van der Waals surface area contributed by atoms with Crippen molar-refractivity contribution in [1.82, 2.24) is 4.84 Å². The average molecular weight is 129 g/mol. The topological polar surface area (TPSA) is 69.5 Å². The molecule has 0 aliphatic rings. The molecule has 0 heterocycles.